The van der Waals surface area contributed by atoms with Gasteiger partial charge in [-0.15, -0.1) is 0 Å². The zero-order chi connectivity index (χ0) is 18.5. The quantitative estimate of drug-likeness (QED) is 0.554. The third-order valence-corrected chi connectivity index (χ3v) is 6.91. The third kappa shape index (κ3) is 3.10. The van der Waals surface area contributed by atoms with E-state index >= 15 is 0 Å². The predicted molar refractivity (Wildman–Crippen MR) is 94.1 cm³/mol. The largest absolute Gasteiger partial charge is 0.459 e. The number of Topliss-reactive ketones (excluding diaryl/α,β-unsaturated/α-hetero) is 1. The zero-order valence-corrected chi connectivity index (χ0v) is 15.6. The van der Waals surface area contributed by atoms with E-state index in [0.717, 1.165) is 32.1 Å². The van der Waals surface area contributed by atoms with Gasteiger partial charge in [0.05, 0.1) is 6.42 Å². The van der Waals surface area contributed by atoms with Crippen molar-refractivity contribution >= 4 is 17.7 Å². The van der Waals surface area contributed by atoms with Gasteiger partial charge in [-0.2, -0.15) is 0 Å². The van der Waals surface area contributed by atoms with Gasteiger partial charge >= 0.3 is 11.9 Å². The number of carbonyl (C=O) groups excluding carboxylic acids is 3. The Hall–Kier alpha value is -1.65. The van der Waals surface area contributed by atoms with Gasteiger partial charge in [-0.25, -0.2) is 4.79 Å². The predicted octanol–water partition coefficient (Wildman–Crippen LogP) is 3.50. The summed E-state index contributed by atoms with van der Waals surface area (Å²) in [5.41, 5.74) is -0.852. The van der Waals surface area contributed by atoms with Gasteiger partial charge in [-0.05, 0) is 70.6 Å². The van der Waals surface area contributed by atoms with Crippen molar-refractivity contribution in [3.8, 4) is 0 Å². The molecule has 5 rings (SSSR count). The Kier molecular flexibility index (Phi) is 4.24. The van der Waals surface area contributed by atoms with Crippen molar-refractivity contribution in [2.45, 2.75) is 82.3 Å². The average Bonchev–Trinajstić information content (AvgIpc) is 2.98. The molecule has 0 N–H and O–H groups in total. The average molecular weight is 360 g/mol. The number of hydrogen-bond donors (Lipinski definition) is 0. The van der Waals surface area contributed by atoms with Crippen molar-refractivity contribution in [2.75, 3.05) is 0 Å². The van der Waals surface area contributed by atoms with Gasteiger partial charge in [-0.3, -0.25) is 9.59 Å². The molecule has 0 spiro atoms. The van der Waals surface area contributed by atoms with Crippen LogP contribution in [0.15, 0.2) is 12.2 Å². The summed E-state index contributed by atoms with van der Waals surface area (Å²) in [5.74, 6) is 0.345. The molecule has 0 aromatic carbocycles. The first kappa shape index (κ1) is 17.7. The third-order valence-electron chi connectivity index (χ3n) is 6.91. The minimum absolute atomic E-state index is 0.0794. The summed E-state index contributed by atoms with van der Waals surface area (Å²) in [4.78, 5) is 37.1. The van der Waals surface area contributed by atoms with Gasteiger partial charge in [0.25, 0.3) is 0 Å². The van der Waals surface area contributed by atoms with Crippen LogP contribution >= 0.6 is 0 Å². The first-order chi connectivity index (χ1) is 12.3. The van der Waals surface area contributed by atoms with Crippen LogP contribution in [-0.2, 0) is 23.9 Å². The lowest BCUT2D eigenvalue weighted by Crippen LogP contribution is -2.57. The van der Waals surface area contributed by atoms with Gasteiger partial charge < -0.3 is 9.47 Å². The Morgan fingerprint density at radius 1 is 1.08 bits per heavy atom. The van der Waals surface area contributed by atoms with Crippen LogP contribution in [0.1, 0.15) is 71.1 Å². The SMILES string of the molecule is C=C(C)C(=O)OC1(CC(=O)OC23CC4CC(C2)C(=O)C(C4)C3)CCCC1. The Morgan fingerprint density at radius 2 is 1.69 bits per heavy atom. The highest BCUT2D eigenvalue weighted by Gasteiger charge is 2.57. The first-order valence-electron chi connectivity index (χ1n) is 9.94. The lowest BCUT2D eigenvalue weighted by atomic mass is 9.53. The van der Waals surface area contributed by atoms with Crippen molar-refractivity contribution in [2.24, 2.45) is 17.8 Å². The number of esters is 2. The minimum Gasteiger partial charge on any atom is -0.459 e. The molecule has 0 amide bonds. The molecule has 0 aromatic rings. The van der Waals surface area contributed by atoms with Gasteiger partial charge in [0.1, 0.15) is 17.0 Å². The van der Waals surface area contributed by atoms with E-state index in [4.69, 9.17) is 9.47 Å². The van der Waals surface area contributed by atoms with Crippen molar-refractivity contribution in [1.82, 2.24) is 0 Å². The first-order valence-corrected chi connectivity index (χ1v) is 9.94. The fourth-order valence-corrected chi connectivity index (χ4v) is 5.96. The molecule has 142 valence electrons. The lowest BCUT2D eigenvalue weighted by molar-refractivity contribution is -0.194. The fourth-order valence-electron chi connectivity index (χ4n) is 5.96. The van der Waals surface area contributed by atoms with Crippen molar-refractivity contribution in [3.05, 3.63) is 12.2 Å². The molecule has 0 saturated heterocycles. The number of rotatable bonds is 5. The van der Waals surface area contributed by atoms with E-state index in [1.54, 1.807) is 6.92 Å². The van der Waals surface area contributed by atoms with Crippen LogP contribution in [0.25, 0.3) is 0 Å². The van der Waals surface area contributed by atoms with Gasteiger partial charge in [-0.1, -0.05) is 6.58 Å². The molecular formula is C21H28O5. The van der Waals surface area contributed by atoms with Crippen molar-refractivity contribution < 1.29 is 23.9 Å². The molecule has 5 aliphatic carbocycles. The van der Waals surface area contributed by atoms with Crippen molar-refractivity contribution in [3.63, 3.8) is 0 Å². The molecule has 5 saturated carbocycles. The summed E-state index contributed by atoms with van der Waals surface area (Å²) < 4.78 is 11.7. The standard InChI is InChI=1S/C21H28O5/c1-13(2)19(24)26-20(5-3-4-6-20)12-17(22)25-21-9-14-7-15(10-21)18(23)16(8-14)11-21/h14-16H,1,3-12H2,2H3. The van der Waals surface area contributed by atoms with E-state index in [-0.39, 0.29) is 24.2 Å². The zero-order valence-electron chi connectivity index (χ0n) is 15.6. The highest BCUT2D eigenvalue weighted by molar-refractivity contribution is 5.88. The maximum atomic E-state index is 12.8. The van der Waals surface area contributed by atoms with Crippen LogP contribution in [0, 0.1) is 17.8 Å². The number of ether oxygens (including phenoxy) is 2. The molecule has 0 heterocycles. The number of carbonyl (C=O) groups is 3. The maximum Gasteiger partial charge on any atom is 0.333 e. The highest BCUT2D eigenvalue weighted by atomic mass is 16.6. The smallest absolute Gasteiger partial charge is 0.333 e. The van der Waals surface area contributed by atoms with Crippen LogP contribution < -0.4 is 0 Å². The monoisotopic (exact) mass is 360 g/mol. The fraction of sp³-hybridized carbons (Fsp3) is 0.762. The second kappa shape index (κ2) is 6.21. The molecule has 5 heteroatoms. The van der Waals surface area contributed by atoms with Crippen LogP contribution in [0.4, 0.5) is 0 Å². The Balaban J connectivity index is 1.44. The maximum absolute atomic E-state index is 12.8. The Labute approximate surface area is 154 Å². The molecule has 2 unspecified atom stereocenters. The normalized spacial score (nSPS) is 36.8. The van der Waals surface area contributed by atoms with E-state index in [1.807, 2.05) is 0 Å². The number of hydrogen-bond acceptors (Lipinski definition) is 5. The number of ketones is 1. The van der Waals surface area contributed by atoms with Crippen LogP contribution in [-0.4, -0.2) is 28.9 Å². The molecule has 26 heavy (non-hydrogen) atoms. The van der Waals surface area contributed by atoms with E-state index in [1.165, 1.54) is 0 Å². The van der Waals surface area contributed by atoms with Crippen LogP contribution in [0.2, 0.25) is 0 Å². The molecule has 0 aliphatic heterocycles. The summed E-state index contributed by atoms with van der Waals surface area (Å²) in [5, 5.41) is 0. The Morgan fingerprint density at radius 3 is 2.27 bits per heavy atom. The second-order valence-corrected chi connectivity index (χ2v) is 9.14. The summed E-state index contributed by atoms with van der Waals surface area (Å²) in [6.45, 7) is 5.26. The molecule has 0 radical (unpaired) electrons. The summed E-state index contributed by atoms with van der Waals surface area (Å²) >= 11 is 0. The molecular weight excluding hydrogens is 332 g/mol. The molecule has 2 atom stereocenters. The molecule has 5 fully saturated rings. The summed E-state index contributed by atoms with van der Waals surface area (Å²) in [6.07, 6.45) is 7.58. The van der Waals surface area contributed by atoms with Crippen LogP contribution in [0.3, 0.4) is 0 Å². The molecule has 5 nitrogen and oxygen atoms in total. The van der Waals surface area contributed by atoms with E-state index in [2.05, 4.69) is 6.58 Å². The summed E-state index contributed by atoms with van der Waals surface area (Å²) in [7, 11) is 0. The summed E-state index contributed by atoms with van der Waals surface area (Å²) in [6, 6.07) is 0. The van der Waals surface area contributed by atoms with E-state index in [9.17, 15) is 14.4 Å². The van der Waals surface area contributed by atoms with Gasteiger partial charge in [0.15, 0.2) is 0 Å². The Bertz CT molecular complexity index is 639. The molecule has 4 bridgehead atoms. The van der Waals surface area contributed by atoms with E-state index < -0.39 is 17.2 Å². The van der Waals surface area contributed by atoms with Crippen LogP contribution in [0.5, 0.6) is 0 Å². The lowest BCUT2D eigenvalue weighted by Gasteiger charge is -2.54. The van der Waals surface area contributed by atoms with Gasteiger partial charge in [0.2, 0.25) is 0 Å². The van der Waals surface area contributed by atoms with Gasteiger partial charge in [0, 0.05) is 17.4 Å². The second-order valence-electron chi connectivity index (χ2n) is 9.14. The minimum atomic E-state index is -0.745. The highest BCUT2D eigenvalue weighted by Crippen LogP contribution is 2.55. The molecule has 5 aliphatic rings. The van der Waals surface area contributed by atoms with E-state index in [0.29, 0.717) is 43.0 Å². The van der Waals surface area contributed by atoms with Crippen molar-refractivity contribution in [1.29, 1.82) is 0 Å². The molecule has 0 aromatic heterocycles. The topological polar surface area (TPSA) is 69.7 Å².